The number of ether oxygens (including phenoxy) is 1. The van der Waals surface area contributed by atoms with Gasteiger partial charge in [-0.15, -0.1) is 0 Å². The van der Waals surface area contributed by atoms with Crippen LogP contribution < -0.4 is 15.6 Å². The Morgan fingerprint density at radius 1 is 1.15 bits per heavy atom. The summed E-state index contributed by atoms with van der Waals surface area (Å²) in [4.78, 5) is 34.6. The van der Waals surface area contributed by atoms with E-state index in [1.807, 2.05) is 0 Å². The molecule has 2 N–H and O–H groups in total. The second kappa shape index (κ2) is 8.02. The molecule has 0 unspecified atom stereocenters. The van der Waals surface area contributed by atoms with Gasteiger partial charge in [-0.1, -0.05) is 0 Å². The molecule has 0 saturated heterocycles. The molecule has 0 fully saturated rings. The van der Waals surface area contributed by atoms with E-state index in [0.717, 1.165) is 5.56 Å². The molecule has 2 heterocycles. The van der Waals surface area contributed by atoms with Crippen LogP contribution >= 0.6 is 0 Å². The van der Waals surface area contributed by atoms with E-state index in [1.165, 1.54) is 30.5 Å². The fourth-order valence-electron chi connectivity index (χ4n) is 2.13. The molecular formula is C18H15FN4O3. The van der Waals surface area contributed by atoms with Crippen molar-refractivity contribution < 1.29 is 13.9 Å². The smallest absolute Gasteiger partial charge is 0.263 e. The highest BCUT2D eigenvalue weighted by Crippen LogP contribution is 2.12. The minimum atomic E-state index is -0.565. The highest BCUT2D eigenvalue weighted by Gasteiger charge is 2.12. The maximum absolute atomic E-state index is 12.8. The lowest BCUT2D eigenvalue weighted by atomic mass is 10.2. The molecule has 132 valence electrons. The van der Waals surface area contributed by atoms with Crippen molar-refractivity contribution in [3.05, 3.63) is 88.1 Å². The number of hydrogen-bond donors (Lipinski definition) is 2. The lowest BCUT2D eigenvalue weighted by Crippen LogP contribution is -2.30. The fourth-order valence-corrected chi connectivity index (χ4v) is 2.13. The van der Waals surface area contributed by atoms with Crippen molar-refractivity contribution in [3.8, 4) is 5.75 Å². The van der Waals surface area contributed by atoms with Crippen molar-refractivity contribution in [3.63, 3.8) is 0 Å². The van der Waals surface area contributed by atoms with Crippen LogP contribution in [0.3, 0.4) is 0 Å². The molecular weight excluding hydrogens is 339 g/mol. The third-order valence-electron chi connectivity index (χ3n) is 3.49. The van der Waals surface area contributed by atoms with Gasteiger partial charge in [0.25, 0.3) is 11.5 Å². The number of benzene rings is 1. The number of aromatic nitrogens is 3. The highest BCUT2D eigenvalue weighted by atomic mass is 19.1. The second-order valence-electron chi connectivity index (χ2n) is 5.35. The molecule has 3 rings (SSSR count). The van der Waals surface area contributed by atoms with Gasteiger partial charge in [0.05, 0.1) is 0 Å². The monoisotopic (exact) mass is 354 g/mol. The number of H-pyrrole nitrogens is 1. The second-order valence-corrected chi connectivity index (χ2v) is 5.35. The Kier molecular flexibility index (Phi) is 5.33. The molecule has 0 aliphatic rings. The Labute approximate surface area is 147 Å². The maximum Gasteiger partial charge on any atom is 0.263 e. The van der Waals surface area contributed by atoms with E-state index in [2.05, 4.69) is 20.3 Å². The summed E-state index contributed by atoms with van der Waals surface area (Å²) in [6.45, 7) is 0.260. The van der Waals surface area contributed by atoms with Crippen LogP contribution in [-0.4, -0.2) is 20.9 Å². The lowest BCUT2D eigenvalue weighted by molar-refractivity contribution is 0.0948. The molecule has 0 aliphatic heterocycles. The molecule has 1 amide bonds. The Bertz CT molecular complexity index is 943. The van der Waals surface area contributed by atoms with Crippen molar-refractivity contribution >= 4 is 5.91 Å². The molecule has 0 radical (unpaired) electrons. The van der Waals surface area contributed by atoms with Crippen LogP contribution in [0.25, 0.3) is 0 Å². The molecule has 0 saturated carbocycles. The van der Waals surface area contributed by atoms with Crippen LogP contribution in [0.2, 0.25) is 0 Å². The number of hydrogen-bond acceptors (Lipinski definition) is 5. The van der Waals surface area contributed by atoms with Gasteiger partial charge in [-0.05, 0) is 42.0 Å². The van der Waals surface area contributed by atoms with Crippen LogP contribution in [-0.2, 0) is 13.2 Å². The van der Waals surface area contributed by atoms with Gasteiger partial charge in [0.1, 0.15) is 29.6 Å². The number of carbonyl (C=O) groups is 1. The molecule has 0 spiro atoms. The van der Waals surface area contributed by atoms with Gasteiger partial charge in [0.15, 0.2) is 0 Å². The van der Waals surface area contributed by atoms with Gasteiger partial charge >= 0.3 is 0 Å². The number of amides is 1. The predicted octanol–water partition coefficient (Wildman–Crippen LogP) is 1.81. The standard InChI is InChI=1S/C18H15FN4O3/c19-13-1-3-14(4-2-13)26-11-16-21-10-15(18(25)23-16)17(24)22-9-12-5-7-20-8-6-12/h1-8,10H,9,11H2,(H,22,24)(H,21,23,25). The summed E-state index contributed by atoms with van der Waals surface area (Å²) in [7, 11) is 0. The highest BCUT2D eigenvalue weighted by molar-refractivity contribution is 5.93. The quantitative estimate of drug-likeness (QED) is 0.704. The van der Waals surface area contributed by atoms with Crippen LogP contribution in [0, 0.1) is 5.82 Å². The summed E-state index contributed by atoms with van der Waals surface area (Å²) < 4.78 is 18.2. The summed E-state index contributed by atoms with van der Waals surface area (Å²) in [6.07, 6.45) is 4.43. The SMILES string of the molecule is O=C(NCc1ccncc1)c1cnc(COc2ccc(F)cc2)[nH]c1=O. The number of nitrogens with zero attached hydrogens (tertiary/aromatic N) is 2. The Morgan fingerprint density at radius 3 is 2.58 bits per heavy atom. The van der Waals surface area contributed by atoms with Gasteiger partial charge in [-0.3, -0.25) is 14.6 Å². The Balaban J connectivity index is 1.60. The van der Waals surface area contributed by atoms with E-state index >= 15 is 0 Å². The number of halogens is 1. The normalized spacial score (nSPS) is 10.3. The van der Waals surface area contributed by atoms with Gasteiger partial charge < -0.3 is 15.0 Å². The van der Waals surface area contributed by atoms with Gasteiger partial charge in [-0.25, -0.2) is 9.37 Å². The molecule has 0 aliphatic carbocycles. The third-order valence-corrected chi connectivity index (χ3v) is 3.49. The number of aromatic amines is 1. The molecule has 1 aromatic carbocycles. The number of pyridine rings is 1. The van der Waals surface area contributed by atoms with Crippen molar-refractivity contribution in [2.45, 2.75) is 13.2 Å². The van der Waals surface area contributed by atoms with Gasteiger partial charge in [0.2, 0.25) is 0 Å². The van der Waals surface area contributed by atoms with E-state index in [0.29, 0.717) is 5.75 Å². The maximum atomic E-state index is 12.8. The topological polar surface area (TPSA) is 97.0 Å². The minimum Gasteiger partial charge on any atom is -0.486 e. The fraction of sp³-hybridized carbons (Fsp3) is 0.111. The number of rotatable bonds is 6. The average Bonchev–Trinajstić information content (AvgIpc) is 2.66. The van der Waals surface area contributed by atoms with Crippen molar-refractivity contribution in [1.29, 1.82) is 0 Å². The van der Waals surface area contributed by atoms with E-state index in [4.69, 9.17) is 4.74 Å². The van der Waals surface area contributed by atoms with E-state index in [1.54, 1.807) is 24.5 Å². The summed E-state index contributed by atoms with van der Waals surface area (Å²) in [5.41, 5.74) is 0.205. The summed E-state index contributed by atoms with van der Waals surface area (Å²) in [6, 6.07) is 8.99. The van der Waals surface area contributed by atoms with Crippen molar-refractivity contribution in [1.82, 2.24) is 20.3 Å². The Hall–Kier alpha value is -3.55. The number of carbonyl (C=O) groups excluding carboxylic acids is 1. The zero-order chi connectivity index (χ0) is 18.4. The van der Waals surface area contributed by atoms with Gasteiger partial charge in [0, 0.05) is 25.1 Å². The lowest BCUT2D eigenvalue weighted by Gasteiger charge is -2.07. The van der Waals surface area contributed by atoms with E-state index in [9.17, 15) is 14.0 Å². The van der Waals surface area contributed by atoms with E-state index < -0.39 is 11.5 Å². The molecule has 26 heavy (non-hydrogen) atoms. The summed E-state index contributed by atoms with van der Waals surface area (Å²) >= 11 is 0. The van der Waals surface area contributed by atoms with E-state index in [-0.39, 0.29) is 30.4 Å². The van der Waals surface area contributed by atoms with Crippen molar-refractivity contribution in [2.75, 3.05) is 0 Å². The van der Waals surface area contributed by atoms with Gasteiger partial charge in [-0.2, -0.15) is 0 Å². The minimum absolute atomic E-state index is 0.0141. The number of nitrogens with one attached hydrogen (secondary N) is 2. The van der Waals surface area contributed by atoms with Crippen LogP contribution in [0.1, 0.15) is 21.7 Å². The molecule has 0 bridgehead atoms. The molecule has 2 aromatic heterocycles. The third kappa shape index (κ3) is 4.50. The van der Waals surface area contributed by atoms with Crippen LogP contribution in [0.4, 0.5) is 4.39 Å². The average molecular weight is 354 g/mol. The first-order valence-corrected chi connectivity index (χ1v) is 7.75. The first-order valence-electron chi connectivity index (χ1n) is 7.75. The first kappa shape index (κ1) is 17.3. The van der Waals surface area contributed by atoms with Crippen molar-refractivity contribution in [2.24, 2.45) is 0 Å². The molecule has 7 nitrogen and oxygen atoms in total. The largest absolute Gasteiger partial charge is 0.486 e. The zero-order valence-corrected chi connectivity index (χ0v) is 13.6. The Morgan fingerprint density at radius 2 is 1.88 bits per heavy atom. The van der Waals surface area contributed by atoms with Crippen LogP contribution in [0.5, 0.6) is 5.75 Å². The summed E-state index contributed by atoms with van der Waals surface area (Å²) in [5, 5.41) is 2.65. The molecule has 8 heteroatoms. The van der Waals surface area contributed by atoms with Crippen LogP contribution in [0.15, 0.2) is 59.8 Å². The zero-order valence-electron chi connectivity index (χ0n) is 13.6. The molecule has 3 aromatic rings. The first-order chi connectivity index (χ1) is 12.6. The predicted molar refractivity (Wildman–Crippen MR) is 91.0 cm³/mol. The molecule has 0 atom stereocenters. The summed E-state index contributed by atoms with van der Waals surface area (Å²) in [5.74, 6) is -0.203.